The zero-order valence-electron chi connectivity index (χ0n) is 15.1. The van der Waals surface area contributed by atoms with Crippen molar-refractivity contribution in [3.8, 4) is 0 Å². The number of carbonyl (C=O) groups excluding carboxylic acids is 2. The molecule has 0 spiro atoms. The minimum atomic E-state index is -0.0582. The standard InChI is InChI=1S/C18H33N3O2.ClH/c1-3-13(2)18(23)21-10-6-8-15(12-21)17(22)20-16-9-5-4-7-14(16)11-19;/h13-16H,3-12,19H2,1-2H3,(H,20,22);1H. The predicted octanol–water partition coefficient (Wildman–Crippen LogP) is 2.33. The van der Waals surface area contributed by atoms with Crippen LogP contribution in [-0.2, 0) is 9.59 Å². The van der Waals surface area contributed by atoms with Crippen molar-refractivity contribution in [2.45, 2.75) is 64.8 Å². The molecular weight excluding hydrogens is 326 g/mol. The van der Waals surface area contributed by atoms with E-state index in [4.69, 9.17) is 5.73 Å². The second kappa shape index (κ2) is 10.2. The molecule has 2 aliphatic rings. The van der Waals surface area contributed by atoms with Crippen molar-refractivity contribution in [3.05, 3.63) is 0 Å². The van der Waals surface area contributed by atoms with E-state index in [-0.39, 0.29) is 42.1 Å². The lowest BCUT2D eigenvalue weighted by molar-refractivity contribution is -0.139. The molecule has 5 nitrogen and oxygen atoms in total. The van der Waals surface area contributed by atoms with Crippen LogP contribution < -0.4 is 11.1 Å². The lowest BCUT2D eigenvalue weighted by Gasteiger charge is -2.36. The van der Waals surface area contributed by atoms with E-state index in [1.807, 2.05) is 18.7 Å². The highest BCUT2D eigenvalue weighted by molar-refractivity contribution is 5.85. The number of likely N-dealkylation sites (tertiary alicyclic amines) is 1. The van der Waals surface area contributed by atoms with Gasteiger partial charge in [-0.25, -0.2) is 0 Å². The Balaban J connectivity index is 0.00000288. The van der Waals surface area contributed by atoms with Crippen LogP contribution in [0.4, 0.5) is 0 Å². The fraction of sp³-hybridized carbons (Fsp3) is 0.889. The summed E-state index contributed by atoms with van der Waals surface area (Å²) < 4.78 is 0. The van der Waals surface area contributed by atoms with Gasteiger partial charge in [0.05, 0.1) is 5.92 Å². The van der Waals surface area contributed by atoms with Gasteiger partial charge < -0.3 is 16.0 Å². The summed E-state index contributed by atoms with van der Waals surface area (Å²) in [5.74, 6) is 0.725. The van der Waals surface area contributed by atoms with Crippen molar-refractivity contribution in [2.24, 2.45) is 23.5 Å². The van der Waals surface area contributed by atoms with Gasteiger partial charge in [0.2, 0.25) is 11.8 Å². The van der Waals surface area contributed by atoms with E-state index in [9.17, 15) is 9.59 Å². The molecule has 2 fully saturated rings. The first-order valence-corrected chi connectivity index (χ1v) is 9.36. The van der Waals surface area contributed by atoms with Gasteiger partial charge in [-0.1, -0.05) is 26.7 Å². The summed E-state index contributed by atoms with van der Waals surface area (Å²) >= 11 is 0. The number of carbonyl (C=O) groups is 2. The first-order chi connectivity index (χ1) is 11.1. The predicted molar refractivity (Wildman–Crippen MR) is 99.0 cm³/mol. The van der Waals surface area contributed by atoms with Crippen molar-refractivity contribution in [1.82, 2.24) is 10.2 Å². The lowest BCUT2D eigenvalue weighted by atomic mass is 9.84. The molecule has 1 saturated carbocycles. The van der Waals surface area contributed by atoms with Gasteiger partial charge in [-0.05, 0) is 44.6 Å². The maximum atomic E-state index is 12.6. The Morgan fingerprint density at radius 1 is 1.21 bits per heavy atom. The maximum Gasteiger partial charge on any atom is 0.225 e. The van der Waals surface area contributed by atoms with Crippen molar-refractivity contribution < 1.29 is 9.59 Å². The molecule has 1 saturated heterocycles. The molecule has 1 aliphatic carbocycles. The highest BCUT2D eigenvalue weighted by Crippen LogP contribution is 2.25. The van der Waals surface area contributed by atoms with Crippen molar-refractivity contribution in [2.75, 3.05) is 19.6 Å². The summed E-state index contributed by atoms with van der Waals surface area (Å²) in [6.07, 6.45) is 7.20. The molecule has 2 amide bonds. The Morgan fingerprint density at radius 3 is 2.58 bits per heavy atom. The molecule has 0 aromatic heterocycles. The molecule has 0 bridgehead atoms. The number of piperidine rings is 1. The van der Waals surface area contributed by atoms with E-state index in [2.05, 4.69) is 5.32 Å². The van der Waals surface area contributed by atoms with Crippen LogP contribution >= 0.6 is 12.4 Å². The summed E-state index contributed by atoms with van der Waals surface area (Å²) in [6.45, 7) is 6.03. The number of nitrogens with zero attached hydrogens (tertiary/aromatic N) is 1. The summed E-state index contributed by atoms with van der Waals surface area (Å²) in [5.41, 5.74) is 5.85. The van der Waals surface area contributed by atoms with E-state index in [1.165, 1.54) is 12.8 Å². The lowest BCUT2D eigenvalue weighted by Crippen LogP contribution is -2.51. The van der Waals surface area contributed by atoms with Crippen molar-refractivity contribution in [3.63, 3.8) is 0 Å². The zero-order valence-corrected chi connectivity index (χ0v) is 15.9. The van der Waals surface area contributed by atoms with Crippen LogP contribution in [0.15, 0.2) is 0 Å². The highest BCUT2D eigenvalue weighted by Gasteiger charge is 2.32. The van der Waals surface area contributed by atoms with Gasteiger partial charge in [-0.2, -0.15) is 0 Å². The number of hydrogen-bond donors (Lipinski definition) is 2. The Bertz CT molecular complexity index is 419. The molecule has 0 aromatic rings. The Kier molecular flexibility index (Phi) is 9.06. The molecule has 6 heteroatoms. The third-order valence-corrected chi connectivity index (χ3v) is 5.68. The summed E-state index contributed by atoms with van der Waals surface area (Å²) in [7, 11) is 0. The first-order valence-electron chi connectivity index (χ1n) is 9.36. The molecule has 4 unspecified atom stereocenters. The van der Waals surface area contributed by atoms with Gasteiger partial charge in [0.1, 0.15) is 0 Å². The summed E-state index contributed by atoms with van der Waals surface area (Å²) in [5, 5.41) is 3.24. The molecular formula is C18H34ClN3O2. The topological polar surface area (TPSA) is 75.4 Å². The molecule has 3 N–H and O–H groups in total. The molecule has 24 heavy (non-hydrogen) atoms. The van der Waals surface area contributed by atoms with E-state index >= 15 is 0 Å². The van der Waals surface area contributed by atoms with Crippen LogP contribution in [0.3, 0.4) is 0 Å². The summed E-state index contributed by atoms with van der Waals surface area (Å²) in [6, 6.07) is 0.224. The highest BCUT2D eigenvalue weighted by atomic mass is 35.5. The monoisotopic (exact) mass is 359 g/mol. The third kappa shape index (κ3) is 5.35. The van der Waals surface area contributed by atoms with Crippen LogP contribution in [-0.4, -0.2) is 42.4 Å². The molecule has 4 atom stereocenters. The van der Waals surface area contributed by atoms with E-state index < -0.39 is 0 Å². The second-order valence-electron chi connectivity index (χ2n) is 7.33. The molecule has 0 radical (unpaired) electrons. The van der Waals surface area contributed by atoms with Gasteiger partial charge in [-0.3, -0.25) is 9.59 Å². The smallest absolute Gasteiger partial charge is 0.225 e. The fourth-order valence-corrected chi connectivity index (χ4v) is 3.86. The number of rotatable bonds is 5. The molecule has 2 rings (SSSR count). The number of nitrogens with two attached hydrogens (primary N) is 1. The van der Waals surface area contributed by atoms with Crippen LogP contribution in [0.5, 0.6) is 0 Å². The van der Waals surface area contributed by atoms with Crippen LogP contribution in [0.25, 0.3) is 0 Å². The quantitative estimate of drug-likeness (QED) is 0.791. The van der Waals surface area contributed by atoms with Gasteiger partial charge in [-0.15, -0.1) is 12.4 Å². The summed E-state index contributed by atoms with van der Waals surface area (Å²) in [4.78, 5) is 26.9. The number of hydrogen-bond acceptors (Lipinski definition) is 3. The number of halogens is 1. The SMILES string of the molecule is CCC(C)C(=O)N1CCCC(C(=O)NC2CCCCC2CN)C1.Cl. The van der Waals surface area contributed by atoms with Gasteiger partial charge >= 0.3 is 0 Å². The van der Waals surface area contributed by atoms with E-state index in [0.717, 1.165) is 38.6 Å². The largest absolute Gasteiger partial charge is 0.353 e. The van der Waals surface area contributed by atoms with Crippen LogP contribution in [0.1, 0.15) is 58.8 Å². The maximum absolute atomic E-state index is 12.6. The second-order valence-corrected chi connectivity index (χ2v) is 7.33. The number of nitrogens with one attached hydrogen (secondary N) is 1. The molecule has 140 valence electrons. The Hall–Kier alpha value is -0.810. The van der Waals surface area contributed by atoms with E-state index in [1.54, 1.807) is 0 Å². The number of amides is 2. The average Bonchev–Trinajstić information content (AvgIpc) is 2.60. The minimum Gasteiger partial charge on any atom is -0.353 e. The zero-order chi connectivity index (χ0) is 16.8. The minimum absolute atomic E-state index is 0. The Labute approximate surface area is 152 Å². The normalized spacial score (nSPS) is 28.6. The molecule has 0 aromatic carbocycles. The van der Waals surface area contributed by atoms with Crippen LogP contribution in [0, 0.1) is 17.8 Å². The van der Waals surface area contributed by atoms with Gasteiger partial charge in [0.25, 0.3) is 0 Å². The van der Waals surface area contributed by atoms with Crippen molar-refractivity contribution in [1.29, 1.82) is 0 Å². The van der Waals surface area contributed by atoms with E-state index in [0.29, 0.717) is 19.0 Å². The third-order valence-electron chi connectivity index (χ3n) is 5.68. The van der Waals surface area contributed by atoms with Gasteiger partial charge in [0.15, 0.2) is 0 Å². The Morgan fingerprint density at radius 2 is 1.92 bits per heavy atom. The first kappa shape index (κ1) is 21.2. The molecule has 1 aliphatic heterocycles. The van der Waals surface area contributed by atoms with Gasteiger partial charge in [0, 0.05) is 25.0 Å². The average molecular weight is 360 g/mol. The molecule has 1 heterocycles. The van der Waals surface area contributed by atoms with Crippen LogP contribution in [0.2, 0.25) is 0 Å². The van der Waals surface area contributed by atoms with Crippen molar-refractivity contribution >= 4 is 24.2 Å². The fourth-order valence-electron chi connectivity index (χ4n) is 3.86.